The highest BCUT2D eigenvalue weighted by Crippen LogP contribution is 2.23. The fourth-order valence-electron chi connectivity index (χ4n) is 1.98. The predicted octanol–water partition coefficient (Wildman–Crippen LogP) is -1.62. The van der Waals surface area contributed by atoms with Crippen molar-refractivity contribution in [3.05, 3.63) is 11.5 Å². The quantitative estimate of drug-likeness (QED) is 0.316. The third-order valence-corrected chi connectivity index (χ3v) is 2.99. The zero-order valence-corrected chi connectivity index (χ0v) is 11.3. The maximum atomic E-state index is 12.1. The van der Waals surface area contributed by atoms with Crippen LogP contribution in [0.4, 0.5) is 0 Å². The smallest absolute Gasteiger partial charge is 0.375 e. The summed E-state index contributed by atoms with van der Waals surface area (Å²) in [5, 5.41) is 13.6. The van der Waals surface area contributed by atoms with Crippen LogP contribution >= 0.6 is 0 Å². The number of aliphatic hydroxyl groups excluding tert-OH is 1. The first-order valence-electron chi connectivity index (χ1n) is 5.57. The van der Waals surface area contributed by atoms with E-state index in [0.29, 0.717) is 0 Å². The van der Waals surface area contributed by atoms with Gasteiger partial charge in [0.15, 0.2) is 0 Å². The molecule has 1 rings (SSSR count). The first-order chi connectivity index (χ1) is 8.73. The van der Waals surface area contributed by atoms with Crippen molar-refractivity contribution < 1.29 is 19.3 Å². The molecule has 0 radical (unpaired) electrons. The Morgan fingerprint density at radius 2 is 1.95 bits per heavy atom. The number of primary amides is 1. The molecule has 0 fully saturated rings. The van der Waals surface area contributed by atoms with E-state index in [1.54, 1.807) is 21.0 Å². The van der Waals surface area contributed by atoms with Crippen molar-refractivity contribution in [2.45, 2.75) is 6.92 Å². The maximum Gasteiger partial charge on any atom is 0.375 e. The molecule has 2 amide bonds. The van der Waals surface area contributed by atoms with Gasteiger partial charge in [-0.3, -0.25) is 9.59 Å². The lowest BCUT2D eigenvalue weighted by molar-refractivity contribution is -0.475. The van der Waals surface area contributed by atoms with Crippen LogP contribution in [-0.2, 0) is 9.59 Å². The molecule has 0 aromatic heterocycles. The van der Waals surface area contributed by atoms with Crippen molar-refractivity contribution in [3.63, 3.8) is 0 Å². The fraction of sp³-hybridized carbons (Fsp3) is 0.455. The molecule has 104 valence electrons. The number of carbonyl (C=O) groups excluding carboxylic acids is 2. The number of rotatable bonds is 2. The van der Waals surface area contributed by atoms with Crippen molar-refractivity contribution in [2.75, 3.05) is 21.1 Å². The Kier molecular flexibility index (Phi) is 3.93. The van der Waals surface area contributed by atoms with Crippen LogP contribution in [0.1, 0.15) is 6.92 Å². The Balaban J connectivity index is 3.57. The van der Waals surface area contributed by atoms with Gasteiger partial charge in [0, 0.05) is 20.0 Å². The summed E-state index contributed by atoms with van der Waals surface area (Å²) in [5.74, 6) is 3.15. The number of hydrazone groups is 1. The van der Waals surface area contributed by atoms with E-state index >= 15 is 0 Å². The maximum absolute atomic E-state index is 12.1. The van der Waals surface area contributed by atoms with Gasteiger partial charge >= 0.3 is 11.8 Å². The van der Waals surface area contributed by atoms with Gasteiger partial charge in [-0.05, 0) is 0 Å². The van der Waals surface area contributed by atoms with E-state index in [-0.39, 0.29) is 28.8 Å². The van der Waals surface area contributed by atoms with E-state index in [2.05, 4.69) is 5.10 Å². The Morgan fingerprint density at radius 3 is 2.32 bits per heavy atom. The van der Waals surface area contributed by atoms with Gasteiger partial charge in [-0.15, -0.1) is 0 Å². The molecule has 0 aromatic rings. The number of nitrogens with two attached hydrogens (primary N) is 2. The van der Waals surface area contributed by atoms with Gasteiger partial charge in [-0.1, -0.05) is 6.92 Å². The van der Waals surface area contributed by atoms with E-state index in [1.807, 2.05) is 0 Å². The molecule has 5 N–H and O–H groups in total. The van der Waals surface area contributed by atoms with E-state index < -0.39 is 11.8 Å². The minimum atomic E-state index is -0.776. The Labute approximate surface area is 110 Å². The molecule has 19 heavy (non-hydrogen) atoms. The van der Waals surface area contributed by atoms with E-state index in [4.69, 9.17) is 11.6 Å². The zero-order chi connectivity index (χ0) is 14.9. The van der Waals surface area contributed by atoms with Gasteiger partial charge in [-0.2, -0.15) is 9.68 Å². The molecule has 1 atom stereocenters. The van der Waals surface area contributed by atoms with E-state index in [1.165, 1.54) is 11.9 Å². The third kappa shape index (κ3) is 2.28. The summed E-state index contributed by atoms with van der Waals surface area (Å²) >= 11 is 0. The van der Waals surface area contributed by atoms with Crippen molar-refractivity contribution in [3.8, 4) is 0 Å². The van der Waals surface area contributed by atoms with Gasteiger partial charge in [0.05, 0.1) is 0 Å². The molecule has 0 aromatic carbocycles. The normalized spacial score (nSPS) is 21.9. The fourth-order valence-corrected chi connectivity index (χ4v) is 1.98. The van der Waals surface area contributed by atoms with Gasteiger partial charge in [0.25, 0.3) is 11.6 Å². The monoisotopic (exact) mass is 268 g/mol. The SMILES string of the molecule is CC1C(=NN)C(C(N)=O)=[N+](C)C(O)=C1C(=O)N(C)C. The molecular formula is C11H18N5O3+. The van der Waals surface area contributed by atoms with Gasteiger partial charge in [0.2, 0.25) is 0 Å². The van der Waals surface area contributed by atoms with Crippen LogP contribution < -0.4 is 11.6 Å². The van der Waals surface area contributed by atoms with Crippen LogP contribution in [0.25, 0.3) is 0 Å². The molecule has 0 saturated heterocycles. The second-order valence-corrected chi connectivity index (χ2v) is 4.44. The van der Waals surface area contributed by atoms with Crippen LogP contribution in [0, 0.1) is 5.92 Å². The summed E-state index contributed by atoms with van der Waals surface area (Å²) in [6, 6.07) is 0. The summed E-state index contributed by atoms with van der Waals surface area (Å²) < 4.78 is 1.12. The summed E-state index contributed by atoms with van der Waals surface area (Å²) in [6.07, 6.45) is 0. The van der Waals surface area contributed by atoms with Crippen LogP contribution in [0.15, 0.2) is 16.6 Å². The highest BCUT2D eigenvalue weighted by Gasteiger charge is 2.43. The summed E-state index contributed by atoms with van der Waals surface area (Å²) in [4.78, 5) is 24.8. The highest BCUT2D eigenvalue weighted by molar-refractivity contribution is 6.66. The minimum Gasteiger partial charge on any atom is -0.459 e. The van der Waals surface area contributed by atoms with E-state index in [9.17, 15) is 14.7 Å². The van der Waals surface area contributed by atoms with Crippen molar-refractivity contribution >= 4 is 23.2 Å². The van der Waals surface area contributed by atoms with Crippen LogP contribution in [-0.4, -0.2) is 59.0 Å². The molecule has 8 nitrogen and oxygen atoms in total. The average Bonchev–Trinajstić information content (AvgIpc) is 2.32. The molecule has 0 saturated carbocycles. The third-order valence-electron chi connectivity index (χ3n) is 2.99. The molecule has 8 heteroatoms. The van der Waals surface area contributed by atoms with Crippen LogP contribution in [0.3, 0.4) is 0 Å². The number of carbonyl (C=O) groups is 2. The second kappa shape index (κ2) is 5.09. The molecule has 0 spiro atoms. The highest BCUT2D eigenvalue weighted by atomic mass is 16.3. The average molecular weight is 268 g/mol. The number of amides is 2. The largest absolute Gasteiger partial charge is 0.459 e. The molecule has 0 aliphatic carbocycles. The second-order valence-electron chi connectivity index (χ2n) is 4.44. The Bertz CT molecular complexity index is 530. The Morgan fingerprint density at radius 1 is 1.42 bits per heavy atom. The summed E-state index contributed by atoms with van der Waals surface area (Å²) in [7, 11) is 4.53. The molecule has 1 aliphatic heterocycles. The van der Waals surface area contributed by atoms with Crippen molar-refractivity contribution in [1.29, 1.82) is 0 Å². The lowest BCUT2D eigenvalue weighted by Crippen LogP contribution is -2.47. The summed E-state index contributed by atoms with van der Waals surface area (Å²) in [5.41, 5.74) is 5.50. The summed E-state index contributed by atoms with van der Waals surface area (Å²) in [6.45, 7) is 1.62. The first kappa shape index (κ1) is 14.7. The first-order valence-corrected chi connectivity index (χ1v) is 5.57. The van der Waals surface area contributed by atoms with Gasteiger partial charge < -0.3 is 21.6 Å². The lowest BCUT2D eigenvalue weighted by Gasteiger charge is -2.22. The molecule has 0 bridgehead atoms. The molecule has 1 heterocycles. The molecule has 1 unspecified atom stereocenters. The minimum absolute atomic E-state index is 0.0252. The number of hydrogen-bond donors (Lipinski definition) is 3. The number of aliphatic hydroxyl groups is 1. The van der Waals surface area contributed by atoms with Crippen LogP contribution in [0.2, 0.25) is 0 Å². The number of hydrogen-bond acceptors (Lipinski definition) is 5. The van der Waals surface area contributed by atoms with Crippen molar-refractivity contribution in [2.24, 2.45) is 22.6 Å². The number of likely N-dealkylation sites (N-methyl/N-ethyl adjacent to an activating group) is 1. The predicted molar refractivity (Wildman–Crippen MR) is 69.5 cm³/mol. The van der Waals surface area contributed by atoms with Gasteiger partial charge in [0.1, 0.15) is 18.3 Å². The van der Waals surface area contributed by atoms with E-state index in [0.717, 1.165) is 4.58 Å². The number of nitrogens with zero attached hydrogens (tertiary/aromatic N) is 3. The molecule has 1 aliphatic rings. The topological polar surface area (TPSA) is 125 Å². The Hall–Kier alpha value is -2.38. The molecular weight excluding hydrogens is 250 g/mol. The van der Waals surface area contributed by atoms with Gasteiger partial charge in [-0.25, -0.2) is 0 Å². The zero-order valence-electron chi connectivity index (χ0n) is 11.3. The lowest BCUT2D eigenvalue weighted by atomic mass is 9.89. The van der Waals surface area contributed by atoms with Crippen molar-refractivity contribution in [1.82, 2.24) is 4.90 Å². The standard InChI is InChI=1S/C11H17N5O3/c1-5-6(10(18)15(2)3)11(19)16(4)8(9(12)17)7(5)14-13/h5,13H,1-4H3,(H3,12,17,18,19)/p+1. The van der Waals surface area contributed by atoms with Crippen LogP contribution in [0.5, 0.6) is 0 Å².